The van der Waals surface area contributed by atoms with Crippen LogP contribution in [0.2, 0.25) is 0 Å². The largest absolute Gasteiger partial charge is 0.311 e. The molecule has 0 aromatic heterocycles. The van der Waals surface area contributed by atoms with E-state index in [1.165, 1.54) is 187 Å². The number of nitrogens with zero attached hydrogens (tertiary/aromatic N) is 2. The molecule has 2 nitrogen and oxygen atoms in total. The van der Waals surface area contributed by atoms with E-state index in [9.17, 15) is 0 Å². The van der Waals surface area contributed by atoms with E-state index in [0.29, 0.717) is 0 Å². The van der Waals surface area contributed by atoms with E-state index in [1.807, 2.05) is 0 Å². The molecule has 0 radical (unpaired) electrons. The molecule has 2 aliphatic heterocycles. The van der Waals surface area contributed by atoms with Gasteiger partial charge in [-0.3, -0.25) is 0 Å². The summed E-state index contributed by atoms with van der Waals surface area (Å²) in [5, 5.41) is 0. The van der Waals surface area contributed by atoms with Crippen molar-refractivity contribution in [2.75, 3.05) is 9.80 Å². The third kappa shape index (κ3) is 7.73. The molecule has 0 spiro atoms. The van der Waals surface area contributed by atoms with Crippen LogP contribution >= 0.6 is 0 Å². The molecule has 2 heterocycles. The highest BCUT2D eigenvalue weighted by Gasteiger charge is 2.52. The average molecular weight is 1190 g/mol. The van der Waals surface area contributed by atoms with Gasteiger partial charge >= 0.3 is 0 Å². The summed E-state index contributed by atoms with van der Waals surface area (Å²) < 4.78 is 0. The van der Waals surface area contributed by atoms with Crippen molar-refractivity contribution >= 4 is 57.2 Å². The maximum atomic E-state index is 2.81. The van der Waals surface area contributed by atoms with Gasteiger partial charge < -0.3 is 9.80 Å². The summed E-state index contributed by atoms with van der Waals surface area (Å²) in [7, 11) is 0. The molecule has 5 aliphatic carbocycles. The summed E-state index contributed by atoms with van der Waals surface area (Å²) in [6, 6.07) is 60.0. The van der Waals surface area contributed by atoms with Crippen LogP contribution in [0.4, 0.5) is 34.1 Å². The number of hydrogen-bond donors (Lipinski definition) is 0. The molecule has 0 amide bonds. The lowest BCUT2D eigenvalue weighted by Crippen LogP contribution is -2.62. The Kier molecular flexibility index (Phi) is 11.8. The summed E-state index contributed by atoms with van der Waals surface area (Å²) in [5.74, 6) is 0. The second-order valence-corrected chi connectivity index (χ2v) is 34.8. The first-order valence-electron chi connectivity index (χ1n) is 34.5. The molecular formula is C88H95BN2. The van der Waals surface area contributed by atoms with Crippen molar-refractivity contribution < 1.29 is 0 Å². The van der Waals surface area contributed by atoms with E-state index in [-0.39, 0.29) is 55.4 Å². The molecule has 3 heteroatoms. The van der Waals surface area contributed by atoms with Gasteiger partial charge in [-0.15, -0.1) is 0 Å². The maximum absolute atomic E-state index is 2.81. The normalized spacial score (nSPS) is 20.5. The third-order valence-corrected chi connectivity index (χ3v) is 25.7. The van der Waals surface area contributed by atoms with Gasteiger partial charge in [-0.05, 0) is 250 Å². The number of anilines is 6. The fourth-order valence-electron chi connectivity index (χ4n) is 19.7. The van der Waals surface area contributed by atoms with Gasteiger partial charge in [-0.2, -0.15) is 0 Å². The Bertz CT molecular complexity index is 4710. The van der Waals surface area contributed by atoms with Crippen LogP contribution in [0.1, 0.15) is 245 Å². The van der Waals surface area contributed by atoms with Crippen molar-refractivity contribution in [2.24, 2.45) is 0 Å². The van der Waals surface area contributed by atoms with Crippen LogP contribution in [0.15, 0.2) is 146 Å². The molecule has 0 saturated heterocycles. The van der Waals surface area contributed by atoms with Gasteiger partial charge in [0.2, 0.25) is 0 Å². The maximum Gasteiger partial charge on any atom is 0.252 e. The first-order valence-corrected chi connectivity index (χ1v) is 34.5. The zero-order chi connectivity index (χ0) is 64.4. The third-order valence-electron chi connectivity index (χ3n) is 25.7. The lowest BCUT2D eigenvalue weighted by Gasteiger charge is -2.49. The summed E-state index contributed by atoms with van der Waals surface area (Å²) in [6.45, 7) is 51.9. The van der Waals surface area contributed by atoms with E-state index in [0.717, 1.165) is 6.42 Å². The van der Waals surface area contributed by atoms with E-state index < -0.39 is 0 Å². The lowest BCUT2D eigenvalue weighted by molar-refractivity contribution is 0.331. The van der Waals surface area contributed by atoms with Crippen LogP contribution in [-0.2, 0) is 48.7 Å². The smallest absolute Gasteiger partial charge is 0.252 e. The molecule has 460 valence electrons. The van der Waals surface area contributed by atoms with Gasteiger partial charge in [-0.25, -0.2) is 0 Å². The number of rotatable bonds is 3. The highest BCUT2D eigenvalue weighted by molar-refractivity contribution is 7.00. The topological polar surface area (TPSA) is 6.48 Å². The highest BCUT2D eigenvalue weighted by Crippen LogP contribution is 2.60. The van der Waals surface area contributed by atoms with Crippen molar-refractivity contribution in [1.82, 2.24) is 0 Å². The molecule has 0 unspecified atom stereocenters. The molecule has 0 bridgehead atoms. The lowest BCUT2D eigenvalue weighted by atomic mass is 9.32. The molecular weight excluding hydrogens is 1100 g/mol. The van der Waals surface area contributed by atoms with Gasteiger partial charge in [0.15, 0.2) is 0 Å². The fraction of sp³-hybridized carbons (Fsp3) is 0.386. The molecule has 0 saturated carbocycles. The van der Waals surface area contributed by atoms with Crippen LogP contribution in [0.25, 0.3) is 22.3 Å². The molecule has 91 heavy (non-hydrogen) atoms. The highest BCUT2D eigenvalue weighted by atomic mass is 15.2. The zero-order valence-electron chi connectivity index (χ0n) is 58.7. The molecule has 0 fully saturated rings. The first-order chi connectivity index (χ1) is 42.6. The summed E-state index contributed by atoms with van der Waals surface area (Å²) >= 11 is 0. The van der Waals surface area contributed by atoms with E-state index in [4.69, 9.17) is 0 Å². The van der Waals surface area contributed by atoms with Crippen molar-refractivity contribution in [2.45, 2.75) is 220 Å². The van der Waals surface area contributed by atoms with Gasteiger partial charge in [-0.1, -0.05) is 222 Å². The monoisotopic (exact) mass is 1190 g/mol. The Morgan fingerprint density at radius 1 is 0.286 bits per heavy atom. The van der Waals surface area contributed by atoms with Crippen molar-refractivity contribution in [1.29, 1.82) is 0 Å². The van der Waals surface area contributed by atoms with Crippen LogP contribution in [-0.4, -0.2) is 6.71 Å². The Morgan fingerprint density at radius 2 is 0.670 bits per heavy atom. The predicted octanol–water partition coefficient (Wildman–Crippen LogP) is 21.3. The van der Waals surface area contributed by atoms with Crippen LogP contribution in [0.5, 0.6) is 0 Å². The molecule has 9 aromatic rings. The minimum absolute atomic E-state index is 0.000431. The fourth-order valence-corrected chi connectivity index (χ4v) is 19.7. The Morgan fingerprint density at radius 3 is 1.22 bits per heavy atom. The molecule has 7 aliphatic rings. The summed E-state index contributed by atoms with van der Waals surface area (Å²) in [6.07, 6.45) is 4.70. The Balaban J connectivity index is 1.07. The van der Waals surface area contributed by atoms with E-state index in [1.54, 1.807) is 0 Å². The number of fused-ring (bicyclic) bond motifs is 13. The SMILES string of the molecule is Cc1cc2c(cc1N1c3cc4c(cc3B3c5cc6c(cc5N(c5ccc7c(c5)C(C)(C)c5ccccc5C7(C)C)c5cc(-c7c(C)cccc7C)cc1c53)C(C)(C)c1ccccc1C6(C)C)-c1cc3c(cc1C4(C)C)C(C)(C)CCC3(C)C)C(C)(C)CCC2(C)C. The van der Waals surface area contributed by atoms with Crippen molar-refractivity contribution in [3.05, 3.63) is 240 Å². The van der Waals surface area contributed by atoms with E-state index in [2.05, 4.69) is 301 Å². The zero-order valence-corrected chi connectivity index (χ0v) is 58.7. The van der Waals surface area contributed by atoms with Crippen molar-refractivity contribution in [3.8, 4) is 22.3 Å². The second-order valence-electron chi connectivity index (χ2n) is 34.8. The van der Waals surface area contributed by atoms with Crippen LogP contribution < -0.4 is 26.2 Å². The van der Waals surface area contributed by atoms with Gasteiger partial charge in [0.05, 0.1) is 0 Å². The average Bonchev–Trinajstić information content (AvgIpc) is 1.55. The number of hydrogen-bond acceptors (Lipinski definition) is 2. The minimum atomic E-state index is -0.273. The molecule has 0 N–H and O–H groups in total. The Labute approximate surface area is 546 Å². The summed E-state index contributed by atoms with van der Waals surface area (Å²) in [4.78, 5) is 5.58. The minimum Gasteiger partial charge on any atom is -0.311 e. The van der Waals surface area contributed by atoms with Gasteiger partial charge in [0, 0.05) is 61.2 Å². The molecule has 9 aromatic carbocycles. The second kappa shape index (κ2) is 18.3. The quantitative estimate of drug-likeness (QED) is 0.163. The van der Waals surface area contributed by atoms with Gasteiger partial charge in [0.25, 0.3) is 6.71 Å². The summed E-state index contributed by atoms with van der Waals surface area (Å²) in [5.41, 5.74) is 40.4. The van der Waals surface area contributed by atoms with Gasteiger partial charge in [0.1, 0.15) is 0 Å². The predicted molar refractivity (Wildman–Crippen MR) is 390 cm³/mol. The van der Waals surface area contributed by atoms with Crippen molar-refractivity contribution in [3.63, 3.8) is 0 Å². The molecule has 16 rings (SSSR count). The standard InChI is InChI=1S/C88H95BN2/c1-50-27-26-28-51(2)78(50)53-40-76-79-77(41-53)91(73-48-67-64(39-52(73)3)80(4,5)35-38-83(67,10)11)75-47-63-56(55-43-65-66(45-62(55)88(63,20)21)82(8,9)37-36-81(65,6)7)44-71(75)89(79)72-46-69-70(87(18,19)60-32-25-24-31-59(60)86(69,16)17)49-74(72)90(76)54-33-34-61-68(42-54)85(14,15)58-30-23-22-29-57(58)84(61,12)13/h22-34,39-49H,35-38H2,1-21H3. The first kappa shape index (κ1) is 58.7. The Hall–Kier alpha value is -7.36. The van der Waals surface area contributed by atoms with Crippen LogP contribution in [0, 0.1) is 20.8 Å². The van der Waals surface area contributed by atoms with Crippen LogP contribution in [0.3, 0.4) is 0 Å². The van der Waals surface area contributed by atoms with E-state index >= 15 is 0 Å². The molecule has 0 atom stereocenters. The number of aryl methyl sites for hydroxylation is 3. The number of benzene rings is 9.